The average molecular weight is 500 g/mol. The third kappa shape index (κ3) is 7.40. The van der Waals surface area contributed by atoms with Gasteiger partial charge >= 0.3 is 5.97 Å². The Hall–Kier alpha value is -2.68. The van der Waals surface area contributed by atoms with Gasteiger partial charge in [-0.05, 0) is 41.7 Å². The first kappa shape index (κ1) is 28.6. The second kappa shape index (κ2) is 11.8. The number of benzene rings is 2. The molecule has 0 aliphatic heterocycles. The van der Waals surface area contributed by atoms with Crippen molar-refractivity contribution < 1.29 is 24.2 Å². The Labute approximate surface area is 208 Å². The monoisotopic (exact) mass is 499 g/mol. The molecule has 0 heterocycles. The van der Waals surface area contributed by atoms with Crippen LogP contribution in [0, 0.1) is 0 Å². The Morgan fingerprint density at radius 1 is 0.943 bits per heavy atom. The first-order valence-electron chi connectivity index (χ1n) is 11.7. The van der Waals surface area contributed by atoms with E-state index < -0.39 is 44.6 Å². The van der Waals surface area contributed by atoms with Gasteiger partial charge in [0.1, 0.15) is 5.60 Å². The molecule has 0 saturated heterocycles. The van der Waals surface area contributed by atoms with Gasteiger partial charge in [-0.2, -0.15) is 0 Å². The fraction of sp³-hybridized carbons (Fsp3) is 0.500. The van der Waals surface area contributed by atoms with Crippen molar-refractivity contribution in [1.29, 1.82) is 0 Å². The molecule has 0 fully saturated rings. The van der Waals surface area contributed by atoms with Gasteiger partial charge in [-0.3, -0.25) is 4.79 Å². The van der Waals surface area contributed by atoms with Gasteiger partial charge in [0.2, 0.25) is 0 Å². The lowest BCUT2D eigenvalue weighted by Gasteiger charge is -2.43. The average Bonchev–Trinajstić information content (AvgIpc) is 2.76. The normalized spacial score (nSPS) is 15.0. The molecule has 0 saturated carbocycles. The third-order valence-corrected chi connectivity index (χ3v) is 10.7. The van der Waals surface area contributed by atoms with E-state index in [4.69, 9.17) is 14.7 Å². The molecule has 8 nitrogen and oxygen atoms in total. The van der Waals surface area contributed by atoms with Gasteiger partial charge < -0.3 is 19.4 Å². The van der Waals surface area contributed by atoms with Gasteiger partial charge in [0.25, 0.3) is 8.32 Å². The van der Waals surface area contributed by atoms with E-state index in [9.17, 15) is 15.0 Å². The van der Waals surface area contributed by atoms with Gasteiger partial charge in [0.15, 0.2) is 0 Å². The summed E-state index contributed by atoms with van der Waals surface area (Å²) in [5.74, 6) is -0.650. The molecular weight excluding hydrogens is 462 g/mol. The van der Waals surface area contributed by atoms with Crippen LogP contribution in [-0.4, -0.2) is 55.0 Å². The summed E-state index contributed by atoms with van der Waals surface area (Å²) in [7, 11) is -2.95. The van der Waals surface area contributed by atoms with E-state index in [0.29, 0.717) is 0 Å². The number of ether oxygens (including phenoxy) is 1. The number of aliphatic hydroxyl groups is 2. The van der Waals surface area contributed by atoms with E-state index in [2.05, 4.69) is 30.8 Å². The number of nitrogens with zero attached hydrogens (tertiary/aromatic N) is 3. The third-order valence-electron chi connectivity index (χ3n) is 5.66. The van der Waals surface area contributed by atoms with Crippen LogP contribution in [0.2, 0.25) is 5.04 Å². The van der Waals surface area contributed by atoms with E-state index in [0.717, 1.165) is 10.4 Å². The fourth-order valence-electron chi connectivity index (χ4n) is 4.22. The lowest BCUT2D eigenvalue weighted by Crippen LogP contribution is -2.67. The minimum atomic E-state index is -2.95. The number of carbonyl (C=O) groups excluding carboxylic acids is 1. The molecule has 2 aromatic rings. The molecule has 0 unspecified atom stereocenters. The first-order chi connectivity index (χ1) is 16.3. The number of esters is 1. The van der Waals surface area contributed by atoms with Crippen LogP contribution in [0.5, 0.6) is 0 Å². The predicted octanol–water partition coefficient (Wildman–Crippen LogP) is 3.70. The zero-order valence-electron chi connectivity index (χ0n) is 21.4. The first-order valence-corrected chi connectivity index (χ1v) is 13.6. The van der Waals surface area contributed by atoms with Crippen molar-refractivity contribution in [2.75, 3.05) is 6.61 Å². The van der Waals surface area contributed by atoms with E-state index in [1.165, 1.54) is 0 Å². The molecule has 0 aliphatic rings. The van der Waals surface area contributed by atoms with Crippen molar-refractivity contribution in [2.45, 2.75) is 76.9 Å². The van der Waals surface area contributed by atoms with Crippen LogP contribution in [0.4, 0.5) is 0 Å². The van der Waals surface area contributed by atoms with E-state index in [1.54, 1.807) is 20.8 Å². The summed E-state index contributed by atoms with van der Waals surface area (Å²) in [6.07, 6.45) is -3.19. The number of aliphatic hydroxyl groups excluding tert-OH is 2. The summed E-state index contributed by atoms with van der Waals surface area (Å²) in [5.41, 5.74) is 8.33. The number of carbonyl (C=O) groups is 1. The van der Waals surface area contributed by atoms with Gasteiger partial charge in [0.05, 0.1) is 31.3 Å². The summed E-state index contributed by atoms with van der Waals surface area (Å²) in [6, 6.07) is 18.5. The summed E-state index contributed by atoms with van der Waals surface area (Å²) in [6.45, 7) is 11.3. The van der Waals surface area contributed by atoms with Crippen molar-refractivity contribution in [3.8, 4) is 0 Å². The second-order valence-electron chi connectivity index (χ2n) is 10.6. The molecule has 35 heavy (non-hydrogen) atoms. The molecule has 2 aromatic carbocycles. The Balaban J connectivity index is 2.37. The molecule has 0 bridgehead atoms. The molecule has 190 valence electrons. The SMILES string of the molecule is CC(C)(C)OC(=O)C[C@H](O)[C@@H](N=[N+]=[N-])[C@@H](O)CO[Si](c1ccccc1)(c1ccccc1)C(C)(C)C. The predicted molar refractivity (Wildman–Crippen MR) is 139 cm³/mol. The van der Waals surface area contributed by atoms with Crippen LogP contribution in [0.3, 0.4) is 0 Å². The lowest BCUT2D eigenvalue weighted by atomic mass is 10.0. The van der Waals surface area contributed by atoms with Crippen molar-refractivity contribution in [3.05, 3.63) is 71.1 Å². The van der Waals surface area contributed by atoms with E-state index in [1.807, 2.05) is 60.7 Å². The number of hydrogen-bond donors (Lipinski definition) is 2. The van der Waals surface area contributed by atoms with Crippen molar-refractivity contribution in [1.82, 2.24) is 0 Å². The smallest absolute Gasteiger partial charge is 0.308 e. The Bertz CT molecular complexity index is 960. The maximum Gasteiger partial charge on any atom is 0.308 e. The van der Waals surface area contributed by atoms with Crippen LogP contribution in [0.25, 0.3) is 10.4 Å². The van der Waals surface area contributed by atoms with Gasteiger partial charge in [0, 0.05) is 4.91 Å². The zero-order valence-corrected chi connectivity index (χ0v) is 22.4. The number of hydrogen-bond acceptors (Lipinski definition) is 6. The molecule has 0 aromatic heterocycles. The zero-order chi connectivity index (χ0) is 26.3. The topological polar surface area (TPSA) is 125 Å². The van der Waals surface area contributed by atoms with Crippen molar-refractivity contribution >= 4 is 24.7 Å². The highest BCUT2D eigenvalue weighted by atomic mass is 28.4. The van der Waals surface area contributed by atoms with Crippen LogP contribution in [-0.2, 0) is 14.0 Å². The minimum Gasteiger partial charge on any atom is -0.460 e. The van der Waals surface area contributed by atoms with Crippen molar-refractivity contribution in [2.24, 2.45) is 5.11 Å². The van der Waals surface area contributed by atoms with Gasteiger partial charge in [-0.25, -0.2) is 0 Å². The van der Waals surface area contributed by atoms with E-state index >= 15 is 0 Å². The summed E-state index contributed by atoms with van der Waals surface area (Å²) in [4.78, 5) is 15.0. The highest BCUT2D eigenvalue weighted by molar-refractivity contribution is 6.99. The van der Waals surface area contributed by atoms with Crippen LogP contribution in [0.1, 0.15) is 48.0 Å². The Morgan fingerprint density at radius 3 is 1.83 bits per heavy atom. The molecular formula is C26H37N3O5Si. The summed E-state index contributed by atoms with van der Waals surface area (Å²) < 4.78 is 11.9. The van der Waals surface area contributed by atoms with Crippen LogP contribution >= 0.6 is 0 Å². The van der Waals surface area contributed by atoms with Crippen LogP contribution in [0.15, 0.2) is 65.8 Å². The standard InChI is InChI=1S/C26H37N3O5Si/c1-25(2,3)34-23(32)17-21(30)24(28-29-27)22(31)18-33-35(26(4,5)6,19-13-9-7-10-14-19)20-15-11-8-12-16-20/h7-16,21-22,24,30-31H,17-18H2,1-6H3/t21-,22-,24+/m0/s1. The molecule has 0 spiro atoms. The molecule has 0 amide bonds. The van der Waals surface area contributed by atoms with Gasteiger partial charge in [-0.1, -0.05) is 86.5 Å². The van der Waals surface area contributed by atoms with Crippen molar-refractivity contribution in [3.63, 3.8) is 0 Å². The molecule has 9 heteroatoms. The largest absolute Gasteiger partial charge is 0.460 e. The molecule has 0 radical (unpaired) electrons. The Kier molecular flexibility index (Phi) is 9.65. The Morgan fingerprint density at radius 2 is 1.43 bits per heavy atom. The number of azide groups is 1. The van der Waals surface area contributed by atoms with Gasteiger partial charge in [-0.15, -0.1) is 0 Å². The quantitative estimate of drug-likeness (QED) is 0.170. The molecule has 2 N–H and O–H groups in total. The maximum absolute atomic E-state index is 12.2. The molecule has 0 aliphatic carbocycles. The van der Waals surface area contributed by atoms with E-state index in [-0.39, 0.29) is 11.6 Å². The lowest BCUT2D eigenvalue weighted by molar-refractivity contribution is -0.157. The van der Waals surface area contributed by atoms with Crippen LogP contribution < -0.4 is 10.4 Å². The number of rotatable bonds is 10. The fourth-order valence-corrected chi connectivity index (χ4v) is 8.79. The minimum absolute atomic E-state index is 0.192. The second-order valence-corrected chi connectivity index (χ2v) is 14.9. The summed E-state index contributed by atoms with van der Waals surface area (Å²) in [5, 5.41) is 27.0. The highest BCUT2D eigenvalue weighted by Crippen LogP contribution is 2.37. The maximum atomic E-state index is 12.2. The molecule has 2 rings (SSSR count). The highest BCUT2D eigenvalue weighted by Gasteiger charge is 2.50. The molecule has 3 atom stereocenters. The summed E-state index contributed by atoms with van der Waals surface area (Å²) >= 11 is 0.